The maximum atomic E-state index is 3.38. The standard InChI is InChI=1S/C9H22N4/c1-10-7-6-8-11-9(12(2)3)13(4)5/h10H,6-8H2,1-5H3/p+1. The smallest absolute Gasteiger partial charge is 0.320 e. The van der Waals surface area contributed by atoms with Gasteiger partial charge >= 0.3 is 5.96 Å². The molecule has 0 heterocycles. The Morgan fingerprint density at radius 3 is 2.23 bits per heavy atom. The molecule has 0 saturated heterocycles. The topological polar surface area (TPSA) is 30.3 Å². The van der Waals surface area contributed by atoms with Gasteiger partial charge in [0.05, 0.1) is 34.7 Å². The molecule has 0 bridgehead atoms. The van der Waals surface area contributed by atoms with Gasteiger partial charge in [-0.25, -0.2) is 0 Å². The fourth-order valence-electron chi connectivity index (χ4n) is 1.18. The van der Waals surface area contributed by atoms with Crippen LogP contribution in [0.5, 0.6) is 0 Å². The number of guanidine groups is 1. The van der Waals surface area contributed by atoms with E-state index in [2.05, 4.69) is 20.1 Å². The van der Waals surface area contributed by atoms with Gasteiger partial charge in [0, 0.05) is 0 Å². The molecule has 0 amide bonds. The molecule has 0 aromatic rings. The van der Waals surface area contributed by atoms with Gasteiger partial charge < -0.3 is 5.32 Å². The largest absolute Gasteiger partial charge is 0.347 e. The second-order valence-corrected chi connectivity index (χ2v) is 3.50. The van der Waals surface area contributed by atoms with Crippen molar-refractivity contribution in [1.82, 2.24) is 15.5 Å². The predicted octanol–water partition coefficient (Wildman–Crippen LogP) is -0.625. The van der Waals surface area contributed by atoms with Crippen LogP contribution in [-0.4, -0.2) is 63.8 Å². The van der Waals surface area contributed by atoms with Gasteiger partial charge in [0.15, 0.2) is 0 Å². The van der Waals surface area contributed by atoms with Crippen molar-refractivity contribution in [1.29, 1.82) is 0 Å². The summed E-state index contributed by atoms with van der Waals surface area (Å²) < 4.78 is 2.08. The molecule has 0 aliphatic carbocycles. The third-order valence-electron chi connectivity index (χ3n) is 1.73. The highest BCUT2D eigenvalue weighted by molar-refractivity contribution is 5.74. The lowest BCUT2D eigenvalue weighted by Gasteiger charge is -2.12. The predicted molar refractivity (Wildman–Crippen MR) is 57.3 cm³/mol. The number of nitrogens with zero attached hydrogens (tertiary/aromatic N) is 2. The Morgan fingerprint density at radius 2 is 1.85 bits per heavy atom. The Bertz CT molecular complexity index is 159. The molecule has 2 N–H and O–H groups in total. The van der Waals surface area contributed by atoms with E-state index in [1.165, 1.54) is 0 Å². The van der Waals surface area contributed by atoms with Gasteiger partial charge in [-0.3, -0.25) is 14.8 Å². The molecule has 0 atom stereocenters. The second-order valence-electron chi connectivity index (χ2n) is 3.50. The van der Waals surface area contributed by atoms with E-state index in [-0.39, 0.29) is 0 Å². The summed E-state index contributed by atoms with van der Waals surface area (Å²) >= 11 is 0. The zero-order valence-electron chi connectivity index (χ0n) is 9.52. The maximum Gasteiger partial charge on any atom is 0.347 e. The molecular formula is C9H23N4+. The summed E-state index contributed by atoms with van der Waals surface area (Å²) in [5.41, 5.74) is 0. The third-order valence-corrected chi connectivity index (χ3v) is 1.73. The molecular weight excluding hydrogens is 164 g/mol. The fraction of sp³-hybridized carbons (Fsp3) is 0.889. The molecule has 13 heavy (non-hydrogen) atoms. The van der Waals surface area contributed by atoms with Crippen molar-refractivity contribution in [3.05, 3.63) is 0 Å². The van der Waals surface area contributed by atoms with Gasteiger partial charge in [-0.05, 0) is 20.0 Å². The van der Waals surface area contributed by atoms with Gasteiger partial charge in [-0.2, -0.15) is 0 Å². The molecule has 0 rings (SSSR count). The zero-order valence-corrected chi connectivity index (χ0v) is 9.52. The van der Waals surface area contributed by atoms with E-state index >= 15 is 0 Å². The van der Waals surface area contributed by atoms with Crippen LogP contribution in [0, 0.1) is 0 Å². The minimum atomic E-state index is 1.01. The van der Waals surface area contributed by atoms with Gasteiger partial charge in [-0.1, -0.05) is 0 Å². The number of rotatable bonds is 4. The minimum Gasteiger partial charge on any atom is -0.320 e. The van der Waals surface area contributed by atoms with E-state index in [1.54, 1.807) is 0 Å². The second kappa shape index (κ2) is 6.71. The molecule has 0 aromatic heterocycles. The number of nitrogens with one attached hydrogen (secondary N) is 2. The van der Waals surface area contributed by atoms with Crippen LogP contribution >= 0.6 is 0 Å². The van der Waals surface area contributed by atoms with Crippen LogP contribution < -0.4 is 10.6 Å². The zero-order chi connectivity index (χ0) is 10.3. The lowest BCUT2D eigenvalue weighted by atomic mass is 10.4. The van der Waals surface area contributed by atoms with E-state index in [1.807, 2.05) is 35.2 Å². The monoisotopic (exact) mass is 187 g/mol. The van der Waals surface area contributed by atoms with E-state index in [4.69, 9.17) is 0 Å². The van der Waals surface area contributed by atoms with Gasteiger partial charge in [0.2, 0.25) is 0 Å². The van der Waals surface area contributed by atoms with Gasteiger partial charge in [0.25, 0.3) is 0 Å². The van der Waals surface area contributed by atoms with Crippen molar-refractivity contribution in [3.8, 4) is 0 Å². The Balaban J connectivity index is 3.79. The summed E-state index contributed by atoms with van der Waals surface area (Å²) in [5.74, 6) is 1.15. The molecule has 0 radical (unpaired) electrons. The first-order valence-electron chi connectivity index (χ1n) is 4.69. The Hall–Kier alpha value is -0.770. The molecule has 78 valence electrons. The Kier molecular flexibility index (Phi) is 6.32. The average Bonchev–Trinajstić information content (AvgIpc) is 2.02. The summed E-state index contributed by atoms with van der Waals surface area (Å²) in [6, 6.07) is 0. The van der Waals surface area contributed by atoms with Crippen molar-refractivity contribution < 1.29 is 4.58 Å². The molecule has 0 aromatic carbocycles. The van der Waals surface area contributed by atoms with Crippen molar-refractivity contribution in [3.63, 3.8) is 0 Å². The molecule has 4 nitrogen and oxygen atoms in total. The molecule has 0 spiro atoms. The minimum absolute atomic E-state index is 1.01. The fourth-order valence-corrected chi connectivity index (χ4v) is 1.18. The summed E-state index contributed by atoms with van der Waals surface area (Å²) in [6.45, 7) is 2.06. The van der Waals surface area contributed by atoms with Crippen molar-refractivity contribution in [2.24, 2.45) is 0 Å². The van der Waals surface area contributed by atoms with Gasteiger partial charge in [-0.15, -0.1) is 0 Å². The van der Waals surface area contributed by atoms with Gasteiger partial charge in [0.1, 0.15) is 0 Å². The molecule has 0 unspecified atom stereocenters. The summed E-state index contributed by atoms with van der Waals surface area (Å²) in [5, 5.41) is 6.51. The van der Waals surface area contributed by atoms with Crippen LogP contribution in [0.2, 0.25) is 0 Å². The van der Waals surface area contributed by atoms with Crippen LogP contribution in [-0.2, 0) is 0 Å². The quantitative estimate of drug-likeness (QED) is 0.266. The summed E-state index contributed by atoms with van der Waals surface area (Å²) in [6.07, 6.45) is 1.14. The summed E-state index contributed by atoms with van der Waals surface area (Å²) in [7, 11) is 10.1. The first-order valence-corrected chi connectivity index (χ1v) is 4.69. The van der Waals surface area contributed by atoms with Crippen LogP contribution in [0.15, 0.2) is 0 Å². The highest BCUT2D eigenvalue weighted by Crippen LogP contribution is 1.79. The molecule has 4 heteroatoms. The SMILES string of the molecule is CNCCCNC(N(C)C)=[N+](C)C. The lowest BCUT2D eigenvalue weighted by Crippen LogP contribution is -2.42. The van der Waals surface area contributed by atoms with Crippen molar-refractivity contribution in [2.75, 3.05) is 48.3 Å². The molecule has 0 saturated carbocycles. The molecule has 0 aliphatic rings. The number of hydrogen-bond donors (Lipinski definition) is 2. The first-order chi connectivity index (χ1) is 6.09. The van der Waals surface area contributed by atoms with Crippen LogP contribution in [0.25, 0.3) is 0 Å². The molecule has 0 aliphatic heterocycles. The van der Waals surface area contributed by atoms with E-state index in [9.17, 15) is 0 Å². The Morgan fingerprint density at radius 1 is 1.23 bits per heavy atom. The van der Waals surface area contributed by atoms with E-state index in [0.29, 0.717) is 0 Å². The van der Waals surface area contributed by atoms with Crippen LogP contribution in [0.4, 0.5) is 0 Å². The van der Waals surface area contributed by atoms with Crippen molar-refractivity contribution >= 4 is 5.96 Å². The first kappa shape index (κ1) is 12.2. The van der Waals surface area contributed by atoms with Crippen LogP contribution in [0.3, 0.4) is 0 Å². The Labute approximate surface area is 81.6 Å². The maximum absolute atomic E-state index is 3.38. The van der Waals surface area contributed by atoms with E-state index in [0.717, 1.165) is 25.5 Å². The van der Waals surface area contributed by atoms with Crippen molar-refractivity contribution in [2.45, 2.75) is 6.42 Å². The third kappa shape index (κ3) is 5.47. The van der Waals surface area contributed by atoms with Crippen LogP contribution in [0.1, 0.15) is 6.42 Å². The highest BCUT2D eigenvalue weighted by atomic mass is 15.3. The highest BCUT2D eigenvalue weighted by Gasteiger charge is 2.08. The molecule has 0 fully saturated rings. The average molecular weight is 187 g/mol. The lowest BCUT2D eigenvalue weighted by molar-refractivity contribution is -0.472. The normalized spacial score (nSPS) is 9.62. The summed E-state index contributed by atoms with van der Waals surface area (Å²) in [4.78, 5) is 2.08. The van der Waals surface area contributed by atoms with E-state index < -0.39 is 0 Å². The number of hydrogen-bond acceptors (Lipinski definition) is 1.